The number of anilines is 2. The molecule has 0 bridgehead atoms. The molecule has 1 aromatic heterocycles. The fourth-order valence-corrected chi connectivity index (χ4v) is 1.63. The van der Waals surface area contributed by atoms with Crippen molar-refractivity contribution in [3.63, 3.8) is 0 Å². The van der Waals surface area contributed by atoms with Crippen LogP contribution in [0.1, 0.15) is 19.3 Å². The Morgan fingerprint density at radius 1 is 1.60 bits per heavy atom. The number of pyridine rings is 1. The van der Waals surface area contributed by atoms with Crippen molar-refractivity contribution in [2.75, 3.05) is 17.2 Å². The van der Waals surface area contributed by atoms with Crippen LogP contribution in [0.15, 0.2) is 18.3 Å². The number of nitrogen functional groups attached to an aromatic ring is 1. The molecule has 2 N–H and O–H groups in total. The number of aromatic nitrogens is 1. The Morgan fingerprint density at radius 2 is 2.40 bits per heavy atom. The molecule has 2 rings (SSSR count). The Hall–Kier alpha value is -1.76. The minimum Gasteiger partial charge on any atom is -0.399 e. The van der Waals surface area contributed by atoms with Gasteiger partial charge < -0.3 is 10.6 Å². The molecule has 1 saturated carbocycles. The van der Waals surface area contributed by atoms with Crippen LogP contribution in [0.4, 0.5) is 11.5 Å². The molecule has 1 heterocycles. The SMILES string of the molecule is N#CCCN(c1cc(N)ccn1)C1CC1. The molecule has 1 aliphatic rings. The highest BCUT2D eigenvalue weighted by atomic mass is 15.2. The molecule has 0 aliphatic heterocycles. The highest BCUT2D eigenvalue weighted by Crippen LogP contribution is 2.31. The van der Waals surface area contributed by atoms with Gasteiger partial charge in [0, 0.05) is 30.5 Å². The summed E-state index contributed by atoms with van der Waals surface area (Å²) < 4.78 is 0. The lowest BCUT2D eigenvalue weighted by Gasteiger charge is -2.22. The van der Waals surface area contributed by atoms with E-state index in [2.05, 4.69) is 16.0 Å². The second kappa shape index (κ2) is 4.18. The van der Waals surface area contributed by atoms with Crippen molar-refractivity contribution in [1.82, 2.24) is 4.98 Å². The van der Waals surface area contributed by atoms with Crippen LogP contribution in [0.25, 0.3) is 0 Å². The summed E-state index contributed by atoms with van der Waals surface area (Å²) in [5.74, 6) is 0.896. The number of nitrogens with zero attached hydrogens (tertiary/aromatic N) is 3. The van der Waals surface area contributed by atoms with E-state index >= 15 is 0 Å². The number of nitriles is 1. The molecule has 15 heavy (non-hydrogen) atoms. The molecule has 4 nitrogen and oxygen atoms in total. The highest BCUT2D eigenvalue weighted by molar-refractivity contribution is 5.51. The summed E-state index contributed by atoms with van der Waals surface area (Å²) in [5.41, 5.74) is 6.44. The normalized spacial score (nSPS) is 14.6. The van der Waals surface area contributed by atoms with Gasteiger partial charge in [0.25, 0.3) is 0 Å². The third-order valence-corrected chi connectivity index (χ3v) is 2.52. The molecule has 0 amide bonds. The zero-order chi connectivity index (χ0) is 10.7. The smallest absolute Gasteiger partial charge is 0.130 e. The average Bonchev–Trinajstić information content (AvgIpc) is 3.03. The number of hydrogen-bond donors (Lipinski definition) is 1. The Bertz CT molecular complexity index is 378. The molecule has 0 spiro atoms. The van der Waals surface area contributed by atoms with Crippen LogP contribution in [-0.2, 0) is 0 Å². The van der Waals surface area contributed by atoms with Crippen molar-refractivity contribution in [3.8, 4) is 6.07 Å². The molecule has 0 atom stereocenters. The van der Waals surface area contributed by atoms with E-state index in [1.165, 1.54) is 12.8 Å². The quantitative estimate of drug-likeness (QED) is 0.804. The predicted molar refractivity (Wildman–Crippen MR) is 59.2 cm³/mol. The zero-order valence-electron chi connectivity index (χ0n) is 8.56. The Kier molecular flexibility index (Phi) is 2.72. The number of hydrogen-bond acceptors (Lipinski definition) is 4. The third-order valence-electron chi connectivity index (χ3n) is 2.52. The van der Waals surface area contributed by atoms with E-state index in [1.54, 1.807) is 12.3 Å². The lowest BCUT2D eigenvalue weighted by atomic mass is 10.3. The summed E-state index contributed by atoms with van der Waals surface area (Å²) in [6, 6.07) is 6.37. The first-order valence-electron chi connectivity index (χ1n) is 5.16. The molecule has 1 fully saturated rings. The Morgan fingerprint density at radius 3 is 3.00 bits per heavy atom. The van der Waals surface area contributed by atoms with Crippen molar-refractivity contribution in [2.45, 2.75) is 25.3 Å². The van der Waals surface area contributed by atoms with Gasteiger partial charge in [-0.15, -0.1) is 0 Å². The zero-order valence-corrected chi connectivity index (χ0v) is 8.56. The van der Waals surface area contributed by atoms with Gasteiger partial charge in [-0.3, -0.25) is 0 Å². The van der Waals surface area contributed by atoms with Gasteiger partial charge >= 0.3 is 0 Å². The molecule has 4 heteroatoms. The first-order chi connectivity index (χ1) is 7.31. The minimum atomic E-state index is 0.535. The first-order valence-corrected chi connectivity index (χ1v) is 5.16. The van der Waals surface area contributed by atoms with Crippen LogP contribution in [-0.4, -0.2) is 17.6 Å². The van der Waals surface area contributed by atoms with E-state index in [4.69, 9.17) is 11.0 Å². The van der Waals surface area contributed by atoms with Gasteiger partial charge in [0.15, 0.2) is 0 Å². The molecular formula is C11H14N4. The Labute approximate surface area is 89.3 Å². The summed E-state index contributed by atoms with van der Waals surface area (Å²) in [7, 11) is 0. The van der Waals surface area contributed by atoms with Gasteiger partial charge in [-0.2, -0.15) is 5.26 Å². The van der Waals surface area contributed by atoms with Crippen LogP contribution >= 0.6 is 0 Å². The monoisotopic (exact) mass is 202 g/mol. The van der Waals surface area contributed by atoms with Gasteiger partial charge in [0.05, 0.1) is 12.5 Å². The van der Waals surface area contributed by atoms with Gasteiger partial charge in [-0.25, -0.2) is 4.98 Å². The van der Waals surface area contributed by atoms with E-state index in [1.807, 2.05) is 6.07 Å². The number of rotatable bonds is 4. The fraction of sp³-hybridized carbons (Fsp3) is 0.455. The maximum atomic E-state index is 8.60. The van der Waals surface area contributed by atoms with Crippen LogP contribution in [0.5, 0.6) is 0 Å². The first kappa shape index (κ1) is 9.78. The molecule has 0 aromatic carbocycles. The highest BCUT2D eigenvalue weighted by Gasteiger charge is 2.29. The predicted octanol–water partition coefficient (Wildman–Crippen LogP) is 1.55. The summed E-state index contributed by atoms with van der Waals surface area (Å²) in [6.45, 7) is 0.748. The van der Waals surface area contributed by atoms with Crippen molar-refractivity contribution in [2.24, 2.45) is 0 Å². The van der Waals surface area contributed by atoms with Gasteiger partial charge in [-0.1, -0.05) is 0 Å². The van der Waals surface area contributed by atoms with Crippen molar-refractivity contribution < 1.29 is 0 Å². The average molecular weight is 202 g/mol. The summed E-state index contributed by atoms with van der Waals surface area (Å²) in [4.78, 5) is 6.47. The van der Waals surface area contributed by atoms with Crippen LogP contribution in [0, 0.1) is 11.3 Å². The third kappa shape index (κ3) is 2.38. The van der Waals surface area contributed by atoms with E-state index in [0.29, 0.717) is 12.5 Å². The largest absolute Gasteiger partial charge is 0.399 e. The molecule has 0 unspecified atom stereocenters. The summed E-state index contributed by atoms with van der Waals surface area (Å²) in [5, 5.41) is 8.60. The van der Waals surface area contributed by atoms with Crippen molar-refractivity contribution in [1.29, 1.82) is 5.26 Å². The van der Waals surface area contributed by atoms with Crippen molar-refractivity contribution in [3.05, 3.63) is 18.3 Å². The molecule has 0 radical (unpaired) electrons. The lowest BCUT2D eigenvalue weighted by molar-refractivity contribution is 0.778. The second-order valence-corrected chi connectivity index (χ2v) is 3.78. The number of nitrogens with two attached hydrogens (primary N) is 1. The van der Waals surface area contributed by atoms with E-state index in [-0.39, 0.29) is 0 Å². The fourth-order valence-electron chi connectivity index (χ4n) is 1.63. The minimum absolute atomic E-state index is 0.535. The standard InChI is InChI=1S/C11H14N4/c12-5-1-7-15(10-2-3-10)11-8-9(13)4-6-14-11/h4,6,8,10H,1-3,7H2,(H2,13,14). The molecular weight excluding hydrogens is 188 g/mol. The molecule has 1 aromatic rings. The summed E-state index contributed by atoms with van der Waals surface area (Å²) >= 11 is 0. The van der Waals surface area contributed by atoms with Crippen molar-refractivity contribution >= 4 is 11.5 Å². The van der Waals surface area contributed by atoms with Crippen LogP contribution < -0.4 is 10.6 Å². The molecule has 1 aliphatic carbocycles. The van der Waals surface area contributed by atoms with Crippen LogP contribution in [0.3, 0.4) is 0 Å². The maximum absolute atomic E-state index is 8.60. The second-order valence-electron chi connectivity index (χ2n) is 3.78. The van der Waals surface area contributed by atoms with E-state index in [0.717, 1.165) is 18.1 Å². The van der Waals surface area contributed by atoms with Gasteiger partial charge in [0.2, 0.25) is 0 Å². The van der Waals surface area contributed by atoms with Gasteiger partial charge in [0.1, 0.15) is 5.82 Å². The summed E-state index contributed by atoms with van der Waals surface area (Å²) in [6.07, 6.45) is 4.64. The van der Waals surface area contributed by atoms with Gasteiger partial charge in [-0.05, 0) is 18.9 Å². The molecule has 0 saturated heterocycles. The van der Waals surface area contributed by atoms with E-state index in [9.17, 15) is 0 Å². The van der Waals surface area contributed by atoms with Crippen LogP contribution in [0.2, 0.25) is 0 Å². The molecule has 78 valence electrons. The lowest BCUT2D eigenvalue weighted by Crippen LogP contribution is -2.27. The Balaban J connectivity index is 2.13. The maximum Gasteiger partial charge on any atom is 0.130 e. The van der Waals surface area contributed by atoms with E-state index < -0.39 is 0 Å². The topological polar surface area (TPSA) is 65.9 Å².